The molecule has 1 aliphatic carbocycles. The first-order valence-corrected chi connectivity index (χ1v) is 12.7. The van der Waals surface area contributed by atoms with Gasteiger partial charge < -0.3 is 15.1 Å². The number of hydrogen-bond acceptors (Lipinski definition) is 6. The number of pyridine rings is 1. The van der Waals surface area contributed by atoms with Gasteiger partial charge in [-0.2, -0.15) is 18.4 Å². The number of benzene rings is 1. The molecular weight excluding hydrogens is 517 g/mol. The number of anilines is 2. The van der Waals surface area contributed by atoms with Crippen LogP contribution in [0.4, 0.5) is 24.5 Å². The Morgan fingerprint density at radius 2 is 1.97 bits per heavy atom. The first-order chi connectivity index (χ1) is 18.0. The number of halogens is 3. The van der Waals surface area contributed by atoms with Gasteiger partial charge in [0.2, 0.25) is 0 Å². The van der Waals surface area contributed by atoms with E-state index in [9.17, 15) is 22.8 Å². The molecule has 0 bridgehead atoms. The fourth-order valence-electron chi connectivity index (χ4n) is 5.38. The summed E-state index contributed by atoms with van der Waals surface area (Å²) >= 11 is 5.62. The quantitative estimate of drug-likeness (QED) is 0.576. The van der Waals surface area contributed by atoms with Crippen LogP contribution in [0, 0.1) is 17.2 Å². The van der Waals surface area contributed by atoms with Crippen molar-refractivity contribution in [3.05, 3.63) is 53.3 Å². The summed E-state index contributed by atoms with van der Waals surface area (Å²) < 4.78 is 40.7. The summed E-state index contributed by atoms with van der Waals surface area (Å²) in [5.74, 6) is -0.221. The first kappa shape index (κ1) is 26.1. The van der Waals surface area contributed by atoms with E-state index in [1.165, 1.54) is 6.07 Å². The summed E-state index contributed by atoms with van der Waals surface area (Å²) in [6, 6.07) is 8.87. The zero-order valence-electron chi connectivity index (χ0n) is 20.6. The van der Waals surface area contributed by atoms with E-state index in [2.05, 4.69) is 22.2 Å². The van der Waals surface area contributed by atoms with Crippen molar-refractivity contribution in [3.8, 4) is 6.07 Å². The maximum absolute atomic E-state index is 13.6. The minimum absolute atomic E-state index is 0.0249. The Labute approximate surface area is 223 Å². The van der Waals surface area contributed by atoms with Gasteiger partial charge in [0.25, 0.3) is 11.8 Å². The summed E-state index contributed by atoms with van der Waals surface area (Å²) in [6.07, 6.45) is -1.00. The van der Waals surface area contributed by atoms with Gasteiger partial charge in [0.15, 0.2) is 10.8 Å². The molecule has 2 aromatic rings. The number of thiocarbonyl (C=S) groups is 1. The normalized spacial score (nSPS) is 21.1. The van der Waals surface area contributed by atoms with E-state index in [1.807, 2.05) is 0 Å². The van der Waals surface area contributed by atoms with Gasteiger partial charge in [-0.15, -0.1) is 0 Å². The molecule has 5 rings (SSSR count). The van der Waals surface area contributed by atoms with Crippen LogP contribution in [0.5, 0.6) is 0 Å². The number of nitrogens with zero attached hydrogens (tertiary/aromatic N) is 5. The standard InChI is InChI=1S/C26H25F3N6O2S/c1-33-10-7-16(15-33)13-32-22(36)17-3-5-18(6-4-17)35-24(38)34(23(37)25(35)8-2-9-25)19-11-20(26(27,28)29)21(12-30)31-14-19/h3-6,11,14,16H,2,7-10,13,15H2,1H3,(H,32,36)/t16-/m1/s1. The highest BCUT2D eigenvalue weighted by atomic mass is 32.1. The molecule has 2 amide bonds. The summed E-state index contributed by atoms with van der Waals surface area (Å²) in [6.45, 7) is 2.54. The Balaban J connectivity index is 1.39. The Bertz CT molecular complexity index is 1340. The number of alkyl halides is 3. The van der Waals surface area contributed by atoms with Crippen LogP contribution in [0.15, 0.2) is 36.5 Å². The summed E-state index contributed by atoms with van der Waals surface area (Å²) in [4.78, 5) is 34.9. The zero-order valence-corrected chi connectivity index (χ0v) is 21.4. The molecule has 3 fully saturated rings. The number of amides is 2. The van der Waals surface area contributed by atoms with Gasteiger partial charge in [0.1, 0.15) is 11.6 Å². The van der Waals surface area contributed by atoms with E-state index in [0.29, 0.717) is 36.6 Å². The lowest BCUT2D eigenvalue weighted by atomic mass is 9.75. The van der Waals surface area contributed by atoms with Crippen LogP contribution in [0.1, 0.15) is 47.3 Å². The van der Waals surface area contributed by atoms with Gasteiger partial charge in [-0.3, -0.25) is 14.5 Å². The van der Waals surface area contributed by atoms with Crippen molar-refractivity contribution in [1.82, 2.24) is 15.2 Å². The molecule has 0 unspecified atom stereocenters. The monoisotopic (exact) mass is 542 g/mol. The number of aromatic nitrogens is 1. The molecule has 3 heterocycles. The fourth-order valence-corrected chi connectivity index (χ4v) is 5.85. The van der Waals surface area contributed by atoms with Crippen molar-refractivity contribution < 1.29 is 22.8 Å². The Morgan fingerprint density at radius 3 is 2.53 bits per heavy atom. The summed E-state index contributed by atoms with van der Waals surface area (Å²) in [5, 5.41) is 12.1. The van der Waals surface area contributed by atoms with Gasteiger partial charge in [0, 0.05) is 24.3 Å². The smallest absolute Gasteiger partial charge is 0.352 e. The van der Waals surface area contributed by atoms with E-state index in [0.717, 1.165) is 43.1 Å². The molecule has 1 atom stereocenters. The van der Waals surface area contributed by atoms with E-state index >= 15 is 0 Å². The van der Waals surface area contributed by atoms with Crippen molar-refractivity contribution in [2.45, 2.75) is 37.4 Å². The molecule has 8 nitrogen and oxygen atoms in total. The molecule has 38 heavy (non-hydrogen) atoms. The highest BCUT2D eigenvalue weighted by Gasteiger charge is 2.59. The maximum atomic E-state index is 13.6. The van der Waals surface area contributed by atoms with Gasteiger partial charge in [-0.25, -0.2) is 4.98 Å². The average molecular weight is 543 g/mol. The molecule has 198 valence electrons. The van der Waals surface area contributed by atoms with Gasteiger partial charge in [0.05, 0.1) is 17.4 Å². The lowest BCUT2D eigenvalue weighted by molar-refractivity contribution is -0.138. The van der Waals surface area contributed by atoms with Gasteiger partial charge in [-0.1, -0.05) is 0 Å². The number of carbonyl (C=O) groups is 2. The number of hydrogen-bond donors (Lipinski definition) is 1. The third-order valence-electron chi connectivity index (χ3n) is 7.56. The Hall–Kier alpha value is -3.56. The predicted octanol–water partition coefficient (Wildman–Crippen LogP) is 3.71. The highest BCUT2D eigenvalue weighted by Crippen LogP contribution is 2.48. The van der Waals surface area contributed by atoms with Crippen LogP contribution in [-0.2, 0) is 11.0 Å². The van der Waals surface area contributed by atoms with Crippen LogP contribution in [0.2, 0.25) is 0 Å². The maximum Gasteiger partial charge on any atom is 0.419 e. The number of rotatable bonds is 5. The van der Waals surface area contributed by atoms with Crippen molar-refractivity contribution in [2.75, 3.05) is 36.5 Å². The van der Waals surface area contributed by atoms with Gasteiger partial charge in [-0.05, 0) is 87.7 Å². The van der Waals surface area contributed by atoms with Crippen molar-refractivity contribution >= 4 is 40.5 Å². The van der Waals surface area contributed by atoms with Crippen LogP contribution in [0.3, 0.4) is 0 Å². The largest absolute Gasteiger partial charge is 0.419 e. The molecule has 1 saturated carbocycles. The molecule has 1 aromatic heterocycles. The minimum Gasteiger partial charge on any atom is -0.352 e. The van der Waals surface area contributed by atoms with E-state index in [-0.39, 0.29) is 16.7 Å². The molecule has 2 saturated heterocycles. The molecule has 0 radical (unpaired) electrons. The molecule has 1 N–H and O–H groups in total. The van der Waals surface area contributed by atoms with E-state index in [1.54, 1.807) is 29.2 Å². The topological polar surface area (TPSA) is 92.6 Å². The molecule has 12 heteroatoms. The first-order valence-electron chi connectivity index (χ1n) is 12.3. The lowest BCUT2D eigenvalue weighted by Gasteiger charge is -2.43. The number of nitrogens with one attached hydrogen (secondary N) is 1. The average Bonchev–Trinajstić information content (AvgIpc) is 3.39. The Kier molecular flexibility index (Phi) is 6.61. The van der Waals surface area contributed by atoms with Crippen LogP contribution in [-0.4, -0.2) is 59.0 Å². The van der Waals surface area contributed by atoms with Crippen molar-refractivity contribution in [3.63, 3.8) is 0 Å². The molecule has 1 aromatic carbocycles. The second kappa shape index (κ2) is 9.63. The second-order valence-electron chi connectivity index (χ2n) is 10.0. The second-order valence-corrected chi connectivity index (χ2v) is 10.4. The third kappa shape index (κ3) is 4.39. The molecule has 3 aliphatic rings. The van der Waals surface area contributed by atoms with Crippen LogP contribution < -0.4 is 15.1 Å². The number of nitriles is 1. The number of likely N-dealkylation sites (tertiary alicyclic amines) is 1. The van der Waals surface area contributed by atoms with Gasteiger partial charge >= 0.3 is 6.18 Å². The SMILES string of the molecule is CN1CC[C@H](CNC(=O)c2ccc(N3C(=S)N(c4cnc(C#N)c(C(F)(F)F)c4)C(=O)C34CCC4)cc2)C1. The highest BCUT2D eigenvalue weighted by molar-refractivity contribution is 7.81. The van der Waals surface area contributed by atoms with E-state index in [4.69, 9.17) is 17.5 Å². The third-order valence-corrected chi connectivity index (χ3v) is 7.93. The van der Waals surface area contributed by atoms with Crippen molar-refractivity contribution in [1.29, 1.82) is 5.26 Å². The molecule has 1 spiro atoms. The summed E-state index contributed by atoms with van der Waals surface area (Å²) in [7, 11) is 2.05. The van der Waals surface area contributed by atoms with Crippen LogP contribution in [0.25, 0.3) is 0 Å². The van der Waals surface area contributed by atoms with Crippen molar-refractivity contribution in [2.24, 2.45) is 5.92 Å². The van der Waals surface area contributed by atoms with E-state index < -0.39 is 28.9 Å². The lowest BCUT2D eigenvalue weighted by Crippen LogP contribution is -2.55. The fraction of sp³-hybridized carbons (Fsp3) is 0.423. The summed E-state index contributed by atoms with van der Waals surface area (Å²) in [5.41, 5.74) is -2.13. The molecule has 2 aliphatic heterocycles. The van der Waals surface area contributed by atoms with Crippen LogP contribution >= 0.6 is 12.2 Å². The minimum atomic E-state index is -4.82. The zero-order chi connectivity index (χ0) is 27.2. The predicted molar refractivity (Wildman–Crippen MR) is 137 cm³/mol. The number of carbonyl (C=O) groups excluding carboxylic acids is 2. The molecular formula is C26H25F3N6O2S. The Morgan fingerprint density at radius 1 is 1.26 bits per heavy atom.